The molecule has 2 aliphatic rings. The Bertz CT molecular complexity index is 653. The Balaban J connectivity index is 1.58. The van der Waals surface area contributed by atoms with Crippen LogP contribution in [0.3, 0.4) is 0 Å². The second-order valence-electron chi connectivity index (χ2n) is 6.32. The normalized spacial score (nSPS) is 22.0. The molecule has 1 unspecified atom stereocenters. The lowest BCUT2D eigenvalue weighted by molar-refractivity contribution is -0.141. The van der Waals surface area contributed by atoms with Crippen molar-refractivity contribution in [2.75, 3.05) is 19.6 Å². The number of aliphatic carboxylic acids is 1. The molecule has 1 atom stereocenters. The quantitative estimate of drug-likeness (QED) is 0.902. The average Bonchev–Trinajstić information content (AvgIpc) is 2.97. The Morgan fingerprint density at radius 2 is 1.75 bits per heavy atom. The highest BCUT2D eigenvalue weighted by molar-refractivity contribution is 6.30. The van der Waals surface area contributed by atoms with Crippen LogP contribution in [-0.2, 0) is 9.59 Å². The van der Waals surface area contributed by atoms with Gasteiger partial charge in [0.1, 0.15) is 0 Å². The average molecular weight is 351 g/mol. The number of benzene rings is 1. The molecule has 1 aromatic rings. The minimum absolute atomic E-state index is 0.0242. The predicted octanol–water partition coefficient (Wildman–Crippen LogP) is 1.88. The van der Waals surface area contributed by atoms with E-state index in [2.05, 4.69) is 0 Å². The second-order valence-corrected chi connectivity index (χ2v) is 6.75. The van der Waals surface area contributed by atoms with E-state index in [1.807, 2.05) is 0 Å². The van der Waals surface area contributed by atoms with E-state index >= 15 is 0 Å². The summed E-state index contributed by atoms with van der Waals surface area (Å²) in [6.07, 6.45) is 1.44. The predicted molar refractivity (Wildman–Crippen MR) is 87.8 cm³/mol. The smallest absolute Gasteiger partial charge is 0.308 e. The first-order chi connectivity index (χ1) is 11.5. The number of carboxylic acids is 1. The summed E-state index contributed by atoms with van der Waals surface area (Å²) in [5.74, 6) is -1.65. The molecule has 0 spiro atoms. The maximum absolute atomic E-state index is 12.5. The van der Waals surface area contributed by atoms with Crippen molar-refractivity contribution >= 4 is 29.4 Å². The number of amides is 2. The minimum atomic E-state index is -0.916. The highest BCUT2D eigenvalue weighted by Crippen LogP contribution is 2.26. The van der Waals surface area contributed by atoms with E-state index in [4.69, 9.17) is 16.7 Å². The number of carboxylic acid groups (broad SMARTS) is 1. The lowest BCUT2D eigenvalue weighted by Gasteiger charge is -2.36. The van der Waals surface area contributed by atoms with Crippen LogP contribution in [0.25, 0.3) is 0 Å². The molecule has 1 N–H and O–H groups in total. The molecule has 128 valence electrons. The Hall–Kier alpha value is -2.08. The van der Waals surface area contributed by atoms with E-state index in [1.165, 1.54) is 0 Å². The van der Waals surface area contributed by atoms with Crippen LogP contribution in [0.5, 0.6) is 0 Å². The van der Waals surface area contributed by atoms with Gasteiger partial charge in [-0.25, -0.2) is 0 Å². The topological polar surface area (TPSA) is 77.9 Å². The van der Waals surface area contributed by atoms with Gasteiger partial charge in [-0.15, -0.1) is 0 Å². The third-order valence-corrected chi connectivity index (χ3v) is 5.04. The summed E-state index contributed by atoms with van der Waals surface area (Å²) in [5, 5.41) is 9.66. The van der Waals surface area contributed by atoms with Crippen molar-refractivity contribution in [3.63, 3.8) is 0 Å². The zero-order valence-electron chi connectivity index (χ0n) is 13.2. The fourth-order valence-electron chi connectivity index (χ4n) is 3.41. The summed E-state index contributed by atoms with van der Waals surface area (Å²) < 4.78 is 0. The van der Waals surface area contributed by atoms with E-state index in [0.717, 1.165) is 0 Å². The number of carbonyl (C=O) groups excluding carboxylic acids is 2. The van der Waals surface area contributed by atoms with E-state index in [0.29, 0.717) is 36.5 Å². The van der Waals surface area contributed by atoms with Gasteiger partial charge in [-0.3, -0.25) is 14.4 Å². The SMILES string of the molecule is O=C(O)C1CC(=O)N(C2CCN(C(=O)c3ccc(Cl)cc3)CC2)C1. The van der Waals surface area contributed by atoms with Crippen molar-refractivity contribution < 1.29 is 19.5 Å². The number of halogens is 1. The summed E-state index contributed by atoms with van der Waals surface area (Å²) in [5.41, 5.74) is 0.598. The lowest BCUT2D eigenvalue weighted by atomic mass is 10.0. The molecule has 2 fully saturated rings. The largest absolute Gasteiger partial charge is 0.481 e. The Morgan fingerprint density at radius 1 is 1.12 bits per heavy atom. The van der Waals surface area contributed by atoms with Crippen molar-refractivity contribution in [3.8, 4) is 0 Å². The minimum Gasteiger partial charge on any atom is -0.481 e. The van der Waals surface area contributed by atoms with Crippen LogP contribution in [0.4, 0.5) is 0 Å². The third-order valence-electron chi connectivity index (χ3n) is 4.79. The number of carbonyl (C=O) groups is 3. The molecule has 0 saturated carbocycles. The molecule has 2 saturated heterocycles. The van der Waals surface area contributed by atoms with Crippen molar-refractivity contribution in [3.05, 3.63) is 34.9 Å². The molecule has 6 nitrogen and oxygen atoms in total. The molecule has 2 amide bonds. The Labute approximate surface area is 145 Å². The summed E-state index contributed by atoms with van der Waals surface area (Å²) in [6.45, 7) is 1.41. The molecule has 24 heavy (non-hydrogen) atoms. The van der Waals surface area contributed by atoms with Crippen LogP contribution in [0, 0.1) is 5.92 Å². The van der Waals surface area contributed by atoms with E-state index in [-0.39, 0.29) is 30.8 Å². The van der Waals surface area contributed by atoms with Gasteiger partial charge in [0, 0.05) is 42.7 Å². The van der Waals surface area contributed by atoms with Gasteiger partial charge in [0.05, 0.1) is 5.92 Å². The highest BCUT2D eigenvalue weighted by Gasteiger charge is 2.39. The van der Waals surface area contributed by atoms with Crippen LogP contribution in [-0.4, -0.2) is 58.4 Å². The maximum atomic E-state index is 12.5. The fourth-order valence-corrected chi connectivity index (χ4v) is 3.53. The number of hydrogen-bond donors (Lipinski definition) is 1. The number of likely N-dealkylation sites (tertiary alicyclic amines) is 2. The van der Waals surface area contributed by atoms with E-state index in [9.17, 15) is 14.4 Å². The van der Waals surface area contributed by atoms with Crippen LogP contribution in [0.2, 0.25) is 5.02 Å². The summed E-state index contributed by atoms with van der Waals surface area (Å²) in [4.78, 5) is 39.0. The standard InChI is InChI=1S/C17H19ClN2O4/c18-13-3-1-11(2-4-13)16(22)19-7-5-14(6-8-19)20-10-12(17(23)24)9-15(20)21/h1-4,12,14H,5-10H2,(H,23,24). The van der Waals surface area contributed by atoms with E-state index in [1.54, 1.807) is 34.1 Å². The molecule has 0 aromatic heterocycles. The van der Waals surface area contributed by atoms with Crippen LogP contribution < -0.4 is 0 Å². The molecule has 3 rings (SSSR count). The van der Waals surface area contributed by atoms with Crippen molar-refractivity contribution in [1.82, 2.24) is 9.80 Å². The van der Waals surface area contributed by atoms with Crippen LogP contribution in [0.15, 0.2) is 24.3 Å². The van der Waals surface area contributed by atoms with Gasteiger partial charge in [0.2, 0.25) is 5.91 Å². The molecule has 0 bridgehead atoms. The molecule has 2 aliphatic heterocycles. The van der Waals surface area contributed by atoms with Crippen molar-refractivity contribution in [2.24, 2.45) is 5.92 Å². The molecular formula is C17H19ClN2O4. The molecular weight excluding hydrogens is 332 g/mol. The van der Waals surface area contributed by atoms with Gasteiger partial charge in [-0.1, -0.05) is 11.6 Å². The second kappa shape index (κ2) is 6.81. The number of piperidine rings is 1. The zero-order chi connectivity index (χ0) is 17.3. The monoisotopic (exact) mass is 350 g/mol. The molecule has 2 heterocycles. The van der Waals surface area contributed by atoms with Crippen LogP contribution >= 0.6 is 11.6 Å². The molecule has 1 aromatic carbocycles. The Kier molecular flexibility index (Phi) is 4.76. The van der Waals surface area contributed by atoms with Gasteiger partial charge < -0.3 is 14.9 Å². The zero-order valence-corrected chi connectivity index (χ0v) is 13.9. The van der Waals surface area contributed by atoms with Crippen molar-refractivity contribution in [1.29, 1.82) is 0 Å². The molecule has 0 aliphatic carbocycles. The van der Waals surface area contributed by atoms with Gasteiger partial charge in [0.25, 0.3) is 5.91 Å². The fraction of sp³-hybridized carbons (Fsp3) is 0.471. The van der Waals surface area contributed by atoms with Gasteiger partial charge in [-0.05, 0) is 37.1 Å². The number of rotatable bonds is 3. The van der Waals surface area contributed by atoms with Crippen molar-refractivity contribution in [2.45, 2.75) is 25.3 Å². The van der Waals surface area contributed by atoms with Gasteiger partial charge >= 0.3 is 5.97 Å². The number of nitrogens with zero attached hydrogens (tertiary/aromatic N) is 2. The first-order valence-electron chi connectivity index (χ1n) is 8.03. The lowest BCUT2D eigenvalue weighted by Crippen LogP contribution is -2.47. The summed E-state index contributed by atoms with van der Waals surface area (Å²) >= 11 is 5.84. The maximum Gasteiger partial charge on any atom is 0.308 e. The highest BCUT2D eigenvalue weighted by atomic mass is 35.5. The third kappa shape index (κ3) is 3.38. The molecule has 7 heteroatoms. The first-order valence-corrected chi connectivity index (χ1v) is 8.40. The summed E-state index contributed by atoms with van der Waals surface area (Å²) in [6, 6.07) is 6.82. The van der Waals surface area contributed by atoms with Crippen LogP contribution in [0.1, 0.15) is 29.6 Å². The van der Waals surface area contributed by atoms with E-state index < -0.39 is 11.9 Å². The number of hydrogen-bond acceptors (Lipinski definition) is 3. The van der Waals surface area contributed by atoms with Gasteiger partial charge in [-0.2, -0.15) is 0 Å². The summed E-state index contributed by atoms with van der Waals surface area (Å²) in [7, 11) is 0. The molecule has 0 radical (unpaired) electrons. The van der Waals surface area contributed by atoms with Gasteiger partial charge in [0.15, 0.2) is 0 Å². The first kappa shape index (κ1) is 16.8. The Morgan fingerprint density at radius 3 is 2.29 bits per heavy atom.